The van der Waals surface area contributed by atoms with Gasteiger partial charge in [-0.2, -0.15) is 0 Å². The van der Waals surface area contributed by atoms with E-state index in [2.05, 4.69) is 53.9 Å². The van der Waals surface area contributed by atoms with Gasteiger partial charge in [0.05, 0.1) is 5.52 Å². The maximum atomic E-state index is 13.1. The van der Waals surface area contributed by atoms with Crippen molar-refractivity contribution in [2.75, 3.05) is 20.1 Å². The van der Waals surface area contributed by atoms with Crippen molar-refractivity contribution in [1.82, 2.24) is 9.47 Å². The minimum absolute atomic E-state index is 0.198. The van der Waals surface area contributed by atoms with Crippen molar-refractivity contribution in [2.24, 2.45) is 0 Å². The summed E-state index contributed by atoms with van der Waals surface area (Å²) >= 11 is 0. The van der Waals surface area contributed by atoms with Crippen LogP contribution in [0.5, 0.6) is 0 Å². The molecule has 0 saturated heterocycles. The Bertz CT molecular complexity index is 935. The minimum Gasteiger partial charge on any atom is -0.320 e. The molecular formula is C22H23FN2. The molecule has 4 rings (SSSR count). The second-order valence-electron chi connectivity index (χ2n) is 6.99. The van der Waals surface area contributed by atoms with Gasteiger partial charge in [-0.3, -0.25) is 0 Å². The lowest BCUT2D eigenvalue weighted by Gasteiger charge is -2.12. The summed E-state index contributed by atoms with van der Waals surface area (Å²) in [5, 5.41) is 1.37. The van der Waals surface area contributed by atoms with Gasteiger partial charge in [-0.05, 0) is 61.9 Å². The van der Waals surface area contributed by atoms with Gasteiger partial charge in [-0.25, -0.2) is 4.39 Å². The van der Waals surface area contributed by atoms with E-state index in [1.54, 1.807) is 0 Å². The molecule has 0 N–H and O–H groups in total. The van der Waals surface area contributed by atoms with Crippen LogP contribution in [-0.4, -0.2) is 29.6 Å². The third-order valence-electron chi connectivity index (χ3n) is 5.14. The largest absolute Gasteiger partial charge is 0.320 e. The number of likely N-dealkylation sites (N-methyl/N-ethyl adjacent to an activating group) is 1. The van der Waals surface area contributed by atoms with Crippen LogP contribution < -0.4 is 0 Å². The van der Waals surface area contributed by atoms with Crippen LogP contribution >= 0.6 is 0 Å². The van der Waals surface area contributed by atoms with Crippen molar-refractivity contribution < 1.29 is 4.39 Å². The van der Waals surface area contributed by atoms with Crippen molar-refractivity contribution in [3.8, 4) is 0 Å². The van der Waals surface area contributed by atoms with Gasteiger partial charge in [0.1, 0.15) is 5.82 Å². The van der Waals surface area contributed by atoms with Crippen molar-refractivity contribution >= 4 is 23.2 Å². The third kappa shape index (κ3) is 3.12. The van der Waals surface area contributed by atoms with Crippen molar-refractivity contribution in [3.05, 3.63) is 70.7 Å². The number of hydrogen-bond donors (Lipinski definition) is 0. The number of nitrogens with zero attached hydrogens (tertiary/aromatic N) is 2. The average molecular weight is 334 g/mol. The van der Waals surface area contributed by atoms with Gasteiger partial charge in [-0.15, -0.1) is 0 Å². The SMILES string of the molecule is Cc1ccc2c(c1)c1c(n2C=Cc2ccc(F)cc2)CCN(C)CC1. The monoisotopic (exact) mass is 334 g/mol. The van der Waals surface area contributed by atoms with E-state index < -0.39 is 0 Å². The fourth-order valence-corrected chi connectivity index (χ4v) is 3.71. The number of fused-ring (bicyclic) bond motifs is 3. The van der Waals surface area contributed by atoms with E-state index >= 15 is 0 Å². The highest BCUT2D eigenvalue weighted by Crippen LogP contribution is 2.30. The van der Waals surface area contributed by atoms with Gasteiger partial charge < -0.3 is 9.47 Å². The molecule has 0 unspecified atom stereocenters. The number of rotatable bonds is 2. The van der Waals surface area contributed by atoms with Crippen molar-refractivity contribution in [1.29, 1.82) is 0 Å². The molecule has 25 heavy (non-hydrogen) atoms. The van der Waals surface area contributed by atoms with Crippen LogP contribution in [-0.2, 0) is 12.8 Å². The van der Waals surface area contributed by atoms with Gasteiger partial charge in [0.2, 0.25) is 0 Å². The summed E-state index contributed by atoms with van der Waals surface area (Å²) in [7, 11) is 2.19. The Morgan fingerprint density at radius 3 is 2.56 bits per heavy atom. The Morgan fingerprint density at radius 2 is 1.76 bits per heavy atom. The first-order valence-electron chi connectivity index (χ1n) is 8.86. The van der Waals surface area contributed by atoms with Crippen LogP contribution in [0.2, 0.25) is 0 Å². The van der Waals surface area contributed by atoms with Crippen molar-refractivity contribution in [3.63, 3.8) is 0 Å². The van der Waals surface area contributed by atoms with Gasteiger partial charge in [0.25, 0.3) is 0 Å². The predicted octanol–water partition coefficient (Wildman–Crippen LogP) is 4.75. The summed E-state index contributed by atoms with van der Waals surface area (Å²) in [6, 6.07) is 13.3. The molecule has 0 bridgehead atoms. The average Bonchev–Trinajstić information content (AvgIpc) is 2.75. The fraction of sp³-hybridized carbons (Fsp3) is 0.273. The first-order chi connectivity index (χ1) is 12.1. The topological polar surface area (TPSA) is 8.17 Å². The summed E-state index contributed by atoms with van der Waals surface area (Å²) in [6.45, 7) is 4.33. The molecule has 3 aromatic rings. The zero-order chi connectivity index (χ0) is 17.4. The lowest BCUT2D eigenvalue weighted by molar-refractivity contribution is 0.351. The molecule has 0 atom stereocenters. The van der Waals surface area contributed by atoms with E-state index in [4.69, 9.17) is 0 Å². The molecule has 128 valence electrons. The first-order valence-corrected chi connectivity index (χ1v) is 8.86. The standard InChI is InChI=1S/C22H23FN2/c1-16-3-8-21-20(15-16)19-10-12-24(2)13-11-22(19)25(21)14-9-17-4-6-18(23)7-5-17/h3-9,14-15H,10-13H2,1-2H3. The molecule has 0 fully saturated rings. The number of halogens is 1. The van der Waals surface area contributed by atoms with Crippen LogP contribution in [0.15, 0.2) is 42.5 Å². The number of hydrogen-bond acceptors (Lipinski definition) is 1. The molecule has 0 saturated carbocycles. The second kappa shape index (κ2) is 6.49. The minimum atomic E-state index is -0.198. The smallest absolute Gasteiger partial charge is 0.123 e. The second-order valence-corrected chi connectivity index (χ2v) is 6.99. The zero-order valence-corrected chi connectivity index (χ0v) is 14.8. The Labute approximate surface area is 148 Å². The van der Waals surface area contributed by atoms with Crippen LogP contribution in [0.3, 0.4) is 0 Å². The molecule has 1 aliphatic rings. The summed E-state index contributed by atoms with van der Waals surface area (Å²) < 4.78 is 15.4. The number of benzene rings is 2. The van der Waals surface area contributed by atoms with Crippen LogP contribution in [0.4, 0.5) is 4.39 Å². The summed E-state index contributed by atoms with van der Waals surface area (Å²) in [5.74, 6) is -0.198. The molecule has 0 aliphatic carbocycles. The highest BCUT2D eigenvalue weighted by Gasteiger charge is 2.19. The van der Waals surface area contributed by atoms with E-state index in [1.165, 1.54) is 39.9 Å². The third-order valence-corrected chi connectivity index (χ3v) is 5.14. The number of aryl methyl sites for hydroxylation is 1. The predicted molar refractivity (Wildman–Crippen MR) is 103 cm³/mol. The summed E-state index contributed by atoms with van der Waals surface area (Å²) in [5.41, 5.74) is 6.45. The van der Waals surface area contributed by atoms with Crippen LogP contribution in [0, 0.1) is 12.7 Å². The Balaban J connectivity index is 1.83. The van der Waals surface area contributed by atoms with E-state index in [0.717, 1.165) is 31.5 Å². The van der Waals surface area contributed by atoms with E-state index in [-0.39, 0.29) is 5.82 Å². The quantitative estimate of drug-likeness (QED) is 0.657. The van der Waals surface area contributed by atoms with Crippen LogP contribution in [0.1, 0.15) is 22.4 Å². The van der Waals surface area contributed by atoms with Crippen molar-refractivity contribution in [2.45, 2.75) is 19.8 Å². The molecule has 2 aromatic carbocycles. The van der Waals surface area contributed by atoms with E-state index in [1.807, 2.05) is 12.1 Å². The Hall–Kier alpha value is -2.39. The molecule has 3 heteroatoms. The highest BCUT2D eigenvalue weighted by molar-refractivity contribution is 5.89. The molecule has 1 aliphatic heterocycles. The fourth-order valence-electron chi connectivity index (χ4n) is 3.71. The summed E-state index contributed by atoms with van der Waals surface area (Å²) in [4.78, 5) is 2.40. The maximum absolute atomic E-state index is 13.1. The summed E-state index contributed by atoms with van der Waals surface area (Å²) in [6.07, 6.45) is 6.33. The molecule has 0 spiro atoms. The molecule has 1 aromatic heterocycles. The van der Waals surface area contributed by atoms with Gasteiger partial charge >= 0.3 is 0 Å². The Morgan fingerprint density at radius 1 is 1.00 bits per heavy atom. The normalized spacial score (nSPS) is 15.6. The Kier molecular flexibility index (Phi) is 4.18. The molecule has 0 radical (unpaired) electrons. The maximum Gasteiger partial charge on any atom is 0.123 e. The highest BCUT2D eigenvalue weighted by atomic mass is 19.1. The molecule has 0 amide bonds. The molecular weight excluding hydrogens is 311 g/mol. The lowest BCUT2D eigenvalue weighted by Crippen LogP contribution is -2.21. The van der Waals surface area contributed by atoms with Gasteiger partial charge in [0, 0.05) is 36.8 Å². The first kappa shape index (κ1) is 16.1. The number of aromatic nitrogens is 1. The van der Waals surface area contributed by atoms with Gasteiger partial charge in [0.15, 0.2) is 0 Å². The van der Waals surface area contributed by atoms with Gasteiger partial charge in [-0.1, -0.05) is 23.8 Å². The zero-order valence-electron chi connectivity index (χ0n) is 14.8. The molecule has 2 heterocycles. The van der Waals surface area contributed by atoms with E-state index in [0.29, 0.717) is 0 Å². The van der Waals surface area contributed by atoms with E-state index in [9.17, 15) is 4.39 Å². The molecule has 2 nitrogen and oxygen atoms in total. The van der Waals surface area contributed by atoms with Crippen LogP contribution in [0.25, 0.3) is 23.2 Å². The lowest BCUT2D eigenvalue weighted by atomic mass is 10.1.